The van der Waals surface area contributed by atoms with E-state index in [0.717, 1.165) is 23.6 Å². The summed E-state index contributed by atoms with van der Waals surface area (Å²) in [5.74, 6) is -0.809. The summed E-state index contributed by atoms with van der Waals surface area (Å²) in [5.41, 5.74) is 1.28. The minimum Gasteiger partial charge on any atom is -0.478 e. The van der Waals surface area contributed by atoms with Crippen molar-refractivity contribution < 1.29 is 19.1 Å². The Morgan fingerprint density at radius 2 is 1.83 bits per heavy atom. The number of halogens is 1. The van der Waals surface area contributed by atoms with Crippen molar-refractivity contribution in [3.63, 3.8) is 0 Å². The van der Waals surface area contributed by atoms with Gasteiger partial charge in [-0.25, -0.2) is 4.79 Å². The molecule has 23 heavy (non-hydrogen) atoms. The Kier molecular flexibility index (Phi) is 4.52. The number of hydrogen-bond donors (Lipinski definition) is 1. The van der Waals surface area contributed by atoms with Crippen molar-refractivity contribution in [1.82, 2.24) is 4.90 Å². The highest BCUT2D eigenvalue weighted by atomic mass is 79.9. The Morgan fingerprint density at radius 1 is 1.17 bits per heavy atom. The summed E-state index contributed by atoms with van der Waals surface area (Å²) in [7, 11) is 0. The molecule has 1 aliphatic heterocycles. The minimum atomic E-state index is -1.10. The first-order chi connectivity index (χ1) is 11.0. The number of hydrogen-bond acceptors (Lipinski definition) is 3. The van der Waals surface area contributed by atoms with Gasteiger partial charge in [-0.15, -0.1) is 0 Å². The first kappa shape index (κ1) is 15.8. The van der Waals surface area contributed by atoms with Crippen LogP contribution in [0, 0.1) is 0 Å². The van der Waals surface area contributed by atoms with Gasteiger partial charge in [-0.05, 0) is 36.5 Å². The Balaban J connectivity index is 1.62. The van der Waals surface area contributed by atoms with Crippen LogP contribution in [0.15, 0.2) is 45.5 Å². The predicted molar refractivity (Wildman–Crippen MR) is 87.7 cm³/mol. The zero-order valence-corrected chi connectivity index (χ0v) is 14.0. The van der Waals surface area contributed by atoms with Gasteiger partial charge in [-0.1, -0.05) is 28.1 Å². The third-order valence-electron chi connectivity index (χ3n) is 4.18. The molecular formula is C17H16BrNO4. The summed E-state index contributed by atoms with van der Waals surface area (Å²) in [6, 6.07) is 9.56. The van der Waals surface area contributed by atoms with Crippen LogP contribution in [0.1, 0.15) is 45.2 Å². The van der Waals surface area contributed by atoms with E-state index in [0.29, 0.717) is 19.0 Å². The molecule has 2 aromatic rings. The molecule has 3 rings (SSSR count). The molecular weight excluding hydrogens is 362 g/mol. The fourth-order valence-electron chi connectivity index (χ4n) is 2.87. The number of likely N-dealkylation sites (tertiary alicyclic amines) is 1. The molecule has 6 heteroatoms. The number of piperidine rings is 1. The van der Waals surface area contributed by atoms with Gasteiger partial charge in [0.25, 0.3) is 5.91 Å². The van der Waals surface area contributed by atoms with Crippen LogP contribution in [0.5, 0.6) is 0 Å². The molecule has 5 nitrogen and oxygen atoms in total. The lowest BCUT2D eigenvalue weighted by Crippen LogP contribution is -2.37. The molecule has 120 valence electrons. The van der Waals surface area contributed by atoms with Gasteiger partial charge in [-0.3, -0.25) is 4.79 Å². The fourth-order valence-corrected chi connectivity index (χ4v) is 3.13. The average Bonchev–Trinajstić information content (AvgIpc) is 3.05. The van der Waals surface area contributed by atoms with Crippen LogP contribution >= 0.6 is 15.9 Å². The third-order valence-corrected chi connectivity index (χ3v) is 4.71. The molecule has 1 N–H and O–H groups in total. The molecule has 0 bridgehead atoms. The summed E-state index contributed by atoms with van der Waals surface area (Å²) in [6.07, 6.45) is 2.88. The number of aromatic carboxylic acids is 1. The zero-order chi connectivity index (χ0) is 16.4. The van der Waals surface area contributed by atoms with Gasteiger partial charge in [0.1, 0.15) is 6.26 Å². The maximum absolute atomic E-state index is 12.4. The molecule has 1 aromatic heterocycles. The number of amides is 1. The summed E-state index contributed by atoms with van der Waals surface area (Å²) >= 11 is 3.43. The SMILES string of the molecule is O=C(O)c1coc(C(=O)N2CCC(c3ccc(Br)cc3)CC2)c1. The largest absolute Gasteiger partial charge is 0.478 e. The molecule has 2 heterocycles. The van der Waals surface area contributed by atoms with E-state index in [1.54, 1.807) is 4.90 Å². The topological polar surface area (TPSA) is 70.7 Å². The van der Waals surface area contributed by atoms with Gasteiger partial charge < -0.3 is 14.4 Å². The van der Waals surface area contributed by atoms with E-state index in [1.165, 1.54) is 11.6 Å². The van der Waals surface area contributed by atoms with Crippen LogP contribution in [0.4, 0.5) is 0 Å². The van der Waals surface area contributed by atoms with Crippen LogP contribution < -0.4 is 0 Å². The lowest BCUT2D eigenvalue weighted by Gasteiger charge is -2.31. The van der Waals surface area contributed by atoms with Gasteiger partial charge in [0, 0.05) is 23.6 Å². The average molecular weight is 378 g/mol. The van der Waals surface area contributed by atoms with Crippen LogP contribution in [-0.2, 0) is 0 Å². The van der Waals surface area contributed by atoms with Crippen LogP contribution in [0.2, 0.25) is 0 Å². The number of benzene rings is 1. The van der Waals surface area contributed by atoms with E-state index >= 15 is 0 Å². The Morgan fingerprint density at radius 3 is 2.39 bits per heavy atom. The smallest absolute Gasteiger partial charge is 0.338 e. The Hall–Kier alpha value is -2.08. The highest BCUT2D eigenvalue weighted by molar-refractivity contribution is 9.10. The highest BCUT2D eigenvalue weighted by Crippen LogP contribution is 2.29. The summed E-state index contributed by atoms with van der Waals surface area (Å²) in [4.78, 5) is 24.9. The molecule has 1 fully saturated rings. The number of carbonyl (C=O) groups is 2. The molecule has 0 unspecified atom stereocenters. The fraction of sp³-hybridized carbons (Fsp3) is 0.294. The lowest BCUT2D eigenvalue weighted by atomic mass is 9.89. The number of carboxylic acid groups (broad SMARTS) is 1. The normalized spacial score (nSPS) is 15.6. The minimum absolute atomic E-state index is 0.00176. The first-order valence-electron chi connectivity index (χ1n) is 7.41. The van der Waals surface area contributed by atoms with Crippen molar-refractivity contribution in [1.29, 1.82) is 0 Å². The van der Waals surface area contributed by atoms with Crippen molar-refractivity contribution in [2.45, 2.75) is 18.8 Å². The predicted octanol–water partition coefficient (Wildman–Crippen LogP) is 3.76. The molecule has 0 aliphatic carbocycles. The molecule has 1 aromatic carbocycles. The second-order valence-corrected chi connectivity index (χ2v) is 6.54. The maximum Gasteiger partial charge on any atom is 0.338 e. The molecule has 0 radical (unpaired) electrons. The van der Waals surface area contributed by atoms with E-state index in [9.17, 15) is 9.59 Å². The Bertz CT molecular complexity index is 714. The monoisotopic (exact) mass is 377 g/mol. The van der Waals surface area contributed by atoms with E-state index in [-0.39, 0.29) is 17.2 Å². The summed E-state index contributed by atoms with van der Waals surface area (Å²) in [6.45, 7) is 1.28. The van der Waals surface area contributed by atoms with Crippen molar-refractivity contribution in [3.05, 3.63) is 58.0 Å². The standard InChI is InChI=1S/C17H16BrNO4/c18-14-3-1-11(2-4-14)12-5-7-19(8-6-12)16(20)15-9-13(10-23-15)17(21)22/h1-4,9-10,12H,5-8H2,(H,21,22). The first-order valence-corrected chi connectivity index (χ1v) is 8.20. The Labute approximate surface area is 142 Å². The van der Waals surface area contributed by atoms with Crippen molar-refractivity contribution in [2.75, 3.05) is 13.1 Å². The van der Waals surface area contributed by atoms with Gasteiger partial charge in [0.15, 0.2) is 5.76 Å². The van der Waals surface area contributed by atoms with Crippen molar-refractivity contribution in [2.24, 2.45) is 0 Å². The number of carbonyl (C=O) groups excluding carboxylic acids is 1. The van der Waals surface area contributed by atoms with E-state index in [2.05, 4.69) is 28.1 Å². The van der Waals surface area contributed by atoms with Gasteiger partial charge in [-0.2, -0.15) is 0 Å². The van der Waals surface area contributed by atoms with E-state index in [1.807, 2.05) is 12.1 Å². The van der Waals surface area contributed by atoms with Crippen LogP contribution in [0.3, 0.4) is 0 Å². The second-order valence-electron chi connectivity index (χ2n) is 5.62. The molecule has 0 saturated carbocycles. The van der Waals surface area contributed by atoms with Crippen molar-refractivity contribution >= 4 is 27.8 Å². The number of carboxylic acids is 1. The van der Waals surface area contributed by atoms with Crippen LogP contribution in [-0.4, -0.2) is 35.0 Å². The zero-order valence-electron chi connectivity index (χ0n) is 12.4. The number of furan rings is 1. The molecule has 1 amide bonds. The third kappa shape index (κ3) is 3.47. The van der Waals surface area contributed by atoms with Gasteiger partial charge in [0.05, 0.1) is 5.56 Å². The van der Waals surface area contributed by atoms with E-state index in [4.69, 9.17) is 9.52 Å². The summed E-state index contributed by atoms with van der Waals surface area (Å²) < 4.78 is 6.14. The van der Waals surface area contributed by atoms with Crippen LogP contribution in [0.25, 0.3) is 0 Å². The molecule has 1 saturated heterocycles. The summed E-state index contributed by atoms with van der Waals surface area (Å²) in [5, 5.41) is 8.88. The van der Waals surface area contributed by atoms with Gasteiger partial charge >= 0.3 is 5.97 Å². The number of rotatable bonds is 3. The highest BCUT2D eigenvalue weighted by Gasteiger charge is 2.26. The van der Waals surface area contributed by atoms with Crippen molar-refractivity contribution in [3.8, 4) is 0 Å². The molecule has 0 spiro atoms. The maximum atomic E-state index is 12.4. The quantitative estimate of drug-likeness (QED) is 0.883. The van der Waals surface area contributed by atoms with E-state index < -0.39 is 5.97 Å². The lowest BCUT2D eigenvalue weighted by molar-refractivity contribution is 0.0677. The molecule has 0 atom stereocenters. The molecule has 1 aliphatic rings. The van der Waals surface area contributed by atoms with Gasteiger partial charge in [0.2, 0.25) is 0 Å². The number of nitrogens with zero attached hydrogens (tertiary/aromatic N) is 1. The second kappa shape index (κ2) is 6.58.